The fourth-order valence-corrected chi connectivity index (χ4v) is 4.73. The van der Waals surface area contributed by atoms with Crippen LogP contribution in [0, 0.1) is 13.8 Å². The number of piperazine rings is 1. The van der Waals surface area contributed by atoms with Crippen LogP contribution in [-0.2, 0) is 13.1 Å². The summed E-state index contributed by atoms with van der Waals surface area (Å²) in [4.78, 5) is 7.14. The molecule has 1 N–H and O–H groups in total. The van der Waals surface area contributed by atoms with E-state index < -0.39 is 5.60 Å². The molecule has 0 spiro atoms. The standard InChI is InChI=1S/C24H37N5O2/c1-20-16-21(2)29(25-20)14-15-31-23-6-4-22(5-7-23)17-28-9-8-24(30,19-28)18-27-12-10-26(3)11-13-27/h4-7,16,30H,8-15,17-19H2,1-3H3/t24-/m1/s1. The number of benzene rings is 1. The summed E-state index contributed by atoms with van der Waals surface area (Å²) in [6.45, 7) is 13.1. The van der Waals surface area contributed by atoms with Crippen molar-refractivity contribution < 1.29 is 9.84 Å². The van der Waals surface area contributed by atoms with E-state index in [1.807, 2.05) is 23.7 Å². The summed E-state index contributed by atoms with van der Waals surface area (Å²) in [5.74, 6) is 0.887. The lowest BCUT2D eigenvalue weighted by Crippen LogP contribution is -2.51. The highest BCUT2D eigenvalue weighted by atomic mass is 16.5. The van der Waals surface area contributed by atoms with Crippen LogP contribution in [0.25, 0.3) is 0 Å². The molecule has 2 aromatic rings. The van der Waals surface area contributed by atoms with Crippen molar-refractivity contribution >= 4 is 0 Å². The number of hydrogen-bond acceptors (Lipinski definition) is 6. The number of nitrogens with zero attached hydrogens (tertiary/aromatic N) is 5. The lowest BCUT2D eigenvalue weighted by Gasteiger charge is -2.36. The molecule has 1 aromatic carbocycles. The minimum Gasteiger partial charge on any atom is -0.492 e. The van der Waals surface area contributed by atoms with Gasteiger partial charge in [0, 0.05) is 58.1 Å². The molecule has 170 valence electrons. The molecule has 1 atom stereocenters. The molecule has 0 radical (unpaired) electrons. The molecule has 4 rings (SSSR count). The first-order valence-corrected chi connectivity index (χ1v) is 11.5. The van der Waals surface area contributed by atoms with Crippen LogP contribution in [0.2, 0.25) is 0 Å². The van der Waals surface area contributed by atoms with Gasteiger partial charge in [-0.15, -0.1) is 0 Å². The van der Waals surface area contributed by atoms with Gasteiger partial charge in [-0.2, -0.15) is 5.10 Å². The predicted octanol–water partition coefficient (Wildman–Crippen LogP) is 1.76. The zero-order valence-electron chi connectivity index (χ0n) is 19.3. The normalized spacial score (nSPS) is 23.5. The van der Waals surface area contributed by atoms with Gasteiger partial charge in [-0.3, -0.25) is 14.5 Å². The Morgan fingerprint density at radius 2 is 1.77 bits per heavy atom. The average Bonchev–Trinajstić information content (AvgIpc) is 3.26. The van der Waals surface area contributed by atoms with Gasteiger partial charge < -0.3 is 14.7 Å². The molecule has 7 heteroatoms. The number of likely N-dealkylation sites (tertiary alicyclic amines) is 1. The number of hydrogen-bond donors (Lipinski definition) is 1. The fourth-order valence-electron chi connectivity index (χ4n) is 4.73. The number of β-amino-alcohol motifs (C(OH)–C–C–N with tert-alkyl or cyclic N) is 1. The molecule has 1 aromatic heterocycles. The maximum absolute atomic E-state index is 11.1. The second-order valence-electron chi connectivity index (χ2n) is 9.41. The SMILES string of the molecule is Cc1cc(C)n(CCOc2ccc(CN3CC[C@@](O)(CN4CCN(C)CC4)C3)cc2)n1. The van der Waals surface area contributed by atoms with Gasteiger partial charge in [0.2, 0.25) is 0 Å². The van der Waals surface area contributed by atoms with E-state index in [9.17, 15) is 5.11 Å². The average molecular weight is 428 g/mol. The van der Waals surface area contributed by atoms with Crippen molar-refractivity contribution in [2.75, 3.05) is 59.5 Å². The number of aliphatic hydroxyl groups is 1. The molecule has 2 fully saturated rings. The molecule has 0 unspecified atom stereocenters. The topological polar surface area (TPSA) is 57.0 Å². The number of aromatic nitrogens is 2. The minimum absolute atomic E-state index is 0.581. The Kier molecular flexibility index (Phi) is 6.96. The molecule has 2 aliphatic rings. The van der Waals surface area contributed by atoms with Crippen LogP contribution < -0.4 is 4.74 Å². The minimum atomic E-state index is -0.581. The Morgan fingerprint density at radius 3 is 2.45 bits per heavy atom. The second-order valence-corrected chi connectivity index (χ2v) is 9.41. The van der Waals surface area contributed by atoms with E-state index in [-0.39, 0.29) is 0 Å². The first-order chi connectivity index (χ1) is 14.9. The molecule has 3 heterocycles. The summed E-state index contributed by atoms with van der Waals surface area (Å²) in [6, 6.07) is 10.4. The molecule has 2 saturated heterocycles. The number of rotatable bonds is 8. The van der Waals surface area contributed by atoms with Crippen LogP contribution in [0.15, 0.2) is 30.3 Å². The smallest absolute Gasteiger partial charge is 0.119 e. The third-order valence-corrected chi connectivity index (χ3v) is 6.53. The van der Waals surface area contributed by atoms with Gasteiger partial charge in [-0.05, 0) is 51.1 Å². The van der Waals surface area contributed by atoms with Gasteiger partial charge in [-0.25, -0.2) is 0 Å². The van der Waals surface area contributed by atoms with Crippen molar-refractivity contribution in [2.45, 2.75) is 39.0 Å². The fraction of sp³-hybridized carbons (Fsp3) is 0.625. The van der Waals surface area contributed by atoms with E-state index >= 15 is 0 Å². The van der Waals surface area contributed by atoms with Gasteiger partial charge in [0.25, 0.3) is 0 Å². The van der Waals surface area contributed by atoms with E-state index in [4.69, 9.17) is 4.74 Å². The molecule has 31 heavy (non-hydrogen) atoms. The zero-order chi connectivity index (χ0) is 21.8. The molecule has 7 nitrogen and oxygen atoms in total. The van der Waals surface area contributed by atoms with Gasteiger partial charge in [-0.1, -0.05) is 12.1 Å². The number of likely N-dealkylation sites (N-methyl/N-ethyl adjacent to an activating group) is 1. The third kappa shape index (κ3) is 6.07. The van der Waals surface area contributed by atoms with Crippen LogP contribution in [0.1, 0.15) is 23.4 Å². The predicted molar refractivity (Wildman–Crippen MR) is 122 cm³/mol. The van der Waals surface area contributed by atoms with Crippen LogP contribution in [0.5, 0.6) is 5.75 Å². The highest BCUT2D eigenvalue weighted by Crippen LogP contribution is 2.25. The van der Waals surface area contributed by atoms with E-state index in [2.05, 4.69) is 52.0 Å². The van der Waals surface area contributed by atoms with Crippen LogP contribution >= 0.6 is 0 Å². The molecule has 0 saturated carbocycles. The molecular formula is C24H37N5O2. The van der Waals surface area contributed by atoms with Crippen molar-refractivity contribution in [1.29, 1.82) is 0 Å². The maximum Gasteiger partial charge on any atom is 0.119 e. The largest absolute Gasteiger partial charge is 0.492 e. The summed E-state index contributed by atoms with van der Waals surface area (Å²) in [5.41, 5.74) is 2.88. The maximum atomic E-state index is 11.1. The number of ether oxygens (including phenoxy) is 1. The van der Waals surface area contributed by atoms with Gasteiger partial charge in [0.05, 0.1) is 17.8 Å². The summed E-state index contributed by atoms with van der Waals surface area (Å²) < 4.78 is 7.89. The summed E-state index contributed by atoms with van der Waals surface area (Å²) in [5, 5.41) is 15.6. The van der Waals surface area contributed by atoms with Gasteiger partial charge in [0.1, 0.15) is 12.4 Å². The summed E-state index contributed by atoms with van der Waals surface area (Å²) >= 11 is 0. The highest BCUT2D eigenvalue weighted by Gasteiger charge is 2.37. The van der Waals surface area contributed by atoms with Gasteiger partial charge in [0.15, 0.2) is 0 Å². The van der Waals surface area contributed by atoms with Crippen molar-refractivity contribution in [3.8, 4) is 5.75 Å². The van der Waals surface area contributed by atoms with Crippen LogP contribution in [0.3, 0.4) is 0 Å². The lowest BCUT2D eigenvalue weighted by molar-refractivity contribution is -0.000370. The van der Waals surface area contributed by atoms with Crippen LogP contribution in [-0.4, -0.2) is 94.7 Å². The Balaban J connectivity index is 1.21. The summed E-state index contributed by atoms with van der Waals surface area (Å²) in [7, 11) is 2.17. The first kappa shape index (κ1) is 22.3. The van der Waals surface area contributed by atoms with E-state index in [1.54, 1.807) is 0 Å². The quantitative estimate of drug-likeness (QED) is 0.693. The molecule has 0 bridgehead atoms. The van der Waals surface area contributed by atoms with Crippen molar-refractivity contribution in [3.05, 3.63) is 47.3 Å². The molecular weight excluding hydrogens is 390 g/mol. The van der Waals surface area contributed by atoms with Crippen molar-refractivity contribution in [3.63, 3.8) is 0 Å². The van der Waals surface area contributed by atoms with Crippen molar-refractivity contribution in [1.82, 2.24) is 24.5 Å². The van der Waals surface area contributed by atoms with E-state index in [0.717, 1.165) is 82.5 Å². The van der Waals surface area contributed by atoms with Gasteiger partial charge >= 0.3 is 0 Å². The summed E-state index contributed by atoms with van der Waals surface area (Å²) in [6.07, 6.45) is 0.854. The molecule has 0 aliphatic carbocycles. The Hall–Kier alpha value is -1.93. The monoisotopic (exact) mass is 427 g/mol. The van der Waals surface area contributed by atoms with Crippen LogP contribution in [0.4, 0.5) is 0 Å². The Morgan fingerprint density at radius 1 is 1.03 bits per heavy atom. The second kappa shape index (κ2) is 9.69. The van der Waals surface area contributed by atoms with E-state index in [0.29, 0.717) is 6.61 Å². The Labute approximate surface area is 186 Å². The number of aryl methyl sites for hydroxylation is 2. The van der Waals surface area contributed by atoms with E-state index in [1.165, 1.54) is 5.56 Å². The lowest BCUT2D eigenvalue weighted by atomic mass is 10.0. The van der Waals surface area contributed by atoms with Crippen molar-refractivity contribution in [2.24, 2.45) is 0 Å². The molecule has 2 aliphatic heterocycles. The zero-order valence-corrected chi connectivity index (χ0v) is 19.3. The highest BCUT2D eigenvalue weighted by molar-refractivity contribution is 5.27. The Bertz CT molecular complexity index is 844. The molecule has 0 amide bonds. The third-order valence-electron chi connectivity index (χ3n) is 6.53. The first-order valence-electron chi connectivity index (χ1n) is 11.5.